The molecule has 1 aliphatic carbocycles. The van der Waals surface area contributed by atoms with Crippen molar-refractivity contribution in [3.05, 3.63) is 0 Å². The van der Waals surface area contributed by atoms with Crippen molar-refractivity contribution in [1.82, 2.24) is 5.32 Å². The summed E-state index contributed by atoms with van der Waals surface area (Å²) in [5.41, 5.74) is 0. The molecule has 1 saturated carbocycles. The van der Waals surface area contributed by atoms with E-state index in [1.807, 2.05) is 0 Å². The highest BCUT2D eigenvalue weighted by atomic mass is 16.5. The van der Waals surface area contributed by atoms with Crippen LogP contribution in [-0.2, 0) is 9.53 Å². The third-order valence-electron chi connectivity index (χ3n) is 3.82. The number of ether oxygens (including phenoxy) is 1. The Balaban J connectivity index is 2.24. The van der Waals surface area contributed by atoms with Gasteiger partial charge in [-0.3, -0.25) is 4.79 Å². The number of nitrogens with one attached hydrogen (secondary N) is 1. The van der Waals surface area contributed by atoms with Gasteiger partial charge in [-0.05, 0) is 32.1 Å². The summed E-state index contributed by atoms with van der Waals surface area (Å²) in [7, 11) is 0. The molecule has 1 fully saturated rings. The molecule has 0 spiro atoms. The average Bonchev–Trinajstić information content (AvgIpc) is 2.63. The lowest BCUT2D eigenvalue weighted by atomic mass is 10.1. The Kier molecular flexibility index (Phi) is 8.15. The molecule has 0 bridgehead atoms. The Bertz CT molecular complexity index is 273. The Labute approximate surface area is 123 Å². The number of amides is 1. The minimum absolute atomic E-state index is 0.114. The molecule has 0 radical (unpaired) electrons. The van der Waals surface area contributed by atoms with E-state index in [1.54, 1.807) is 6.92 Å². The summed E-state index contributed by atoms with van der Waals surface area (Å²) in [5, 5.41) is 12.5. The first-order valence-electron chi connectivity index (χ1n) is 8.10. The first kappa shape index (κ1) is 17.4. The van der Waals surface area contributed by atoms with Gasteiger partial charge in [0, 0.05) is 6.54 Å². The van der Waals surface area contributed by atoms with E-state index < -0.39 is 12.2 Å². The highest BCUT2D eigenvalue weighted by Crippen LogP contribution is 2.20. The summed E-state index contributed by atoms with van der Waals surface area (Å²) in [6.45, 7) is 6.23. The molecular weight excluding hydrogens is 254 g/mol. The topological polar surface area (TPSA) is 58.6 Å². The molecular formula is C16H31NO3. The van der Waals surface area contributed by atoms with Gasteiger partial charge in [-0.1, -0.05) is 39.5 Å². The molecule has 2 unspecified atom stereocenters. The number of carbonyl (C=O) groups excluding carboxylic acids is 1. The SMILES string of the molecule is CC(C)CC(O)CNC(=O)C(C)OC1CCCCCC1. The maximum absolute atomic E-state index is 11.9. The fraction of sp³-hybridized carbons (Fsp3) is 0.938. The fourth-order valence-corrected chi connectivity index (χ4v) is 2.72. The molecule has 0 aromatic carbocycles. The smallest absolute Gasteiger partial charge is 0.248 e. The molecule has 0 heterocycles. The highest BCUT2D eigenvalue weighted by molar-refractivity contribution is 5.80. The van der Waals surface area contributed by atoms with Gasteiger partial charge in [-0.15, -0.1) is 0 Å². The van der Waals surface area contributed by atoms with Gasteiger partial charge in [0.05, 0.1) is 12.2 Å². The van der Waals surface area contributed by atoms with Crippen LogP contribution in [0.2, 0.25) is 0 Å². The zero-order chi connectivity index (χ0) is 15.0. The van der Waals surface area contributed by atoms with Gasteiger partial charge in [-0.2, -0.15) is 0 Å². The molecule has 0 saturated heterocycles. The van der Waals surface area contributed by atoms with Gasteiger partial charge >= 0.3 is 0 Å². The molecule has 1 rings (SSSR count). The van der Waals surface area contributed by atoms with E-state index in [-0.39, 0.29) is 12.0 Å². The monoisotopic (exact) mass is 285 g/mol. The predicted molar refractivity (Wildman–Crippen MR) is 80.5 cm³/mol. The van der Waals surface area contributed by atoms with Crippen molar-refractivity contribution in [2.75, 3.05) is 6.54 Å². The van der Waals surface area contributed by atoms with Crippen LogP contribution in [0.4, 0.5) is 0 Å². The third-order valence-corrected chi connectivity index (χ3v) is 3.82. The minimum atomic E-state index is -0.468. The maximum Gasteiger partial charge on any atom is 0.248 e. The van der Waals surface area contributed by atoms with Crippen molar-refractivity contribution >= 4 is 5.91 Å². The summed E-state index contributed by atoms with van der Waals surface area (Å²) in [6, 6.07) is 0. The van der Waals surface area contributed by atoms with Crippen molar-refractivity contribution in [3.8, 4) is 0 Å². The Morgan fingerprint density at radius 1 is 1.20 bits per heavy atom. The van der Waals surface area contributed by atoms with Crippen LogP contribution in [0, 0.1) is 5.92 Å². The molecule has 0 aromatic rings. The van der Waals surface area contributed by atoms with Crippen molar-refractivity contribution in [1.29, 1.82) is 0 Å². The molecule has 4 nitrogen and oxygen atoms in total. The van der Waals surface area contributed by atoms with Crippen LogP contribution >= 0.6 is 0 Å². The lowest BCUT2D eigenvalue weighted by Gasteiger charge is -2.21. The van der Waals surface area contributed by atoms with Crippen LogP contribution in [-0.4, -0.2) is 35.9 Å². The van der Waals surface area contributed by atoms with E-state index in [4.69, 9.17) is 4.74 Å². The lowest BCUT2D eigenvalue weighted by molar-refractivity contribution is -0.136. The van der Waals surface area contributed by atoms with Crippen molar-refractivity contribution in [2.45, 2.75) is 84.0 Å². The number of carbonyl (C=O) groups is 1. The second-order valence-electron chi connectivity index (χ2n) is 6.42. The zero-order valence-corrected chi connectivity index (χ0v) is 13.2. The van der Waals surface area contributed by atoms with Gasteiger partial charge in [0.2, 0.25) is 5.91 Å². The van der Waals surface area contributed by atoms with Crippen LogP contribution in [0.3, 0.4) is 0 Å². The standard InChI is InChI=1S/C16H31NO3/c1-12(2)10-14(18)11-17-16(19)13(3)20-15-8-6-4-5-7-9-15/h12-15,18H,4-11H2,1-3H3,(H,17,19). The number of aliphatic hydroxyl groups excluding tert-OH is 1. The Morgan fingerprint density at radius 3 is 2.35 bits per heavy atom. The second kappa shape index (κ2) is 9.35. The van der Waals surface area contributed by atoms with Gasteiger partial charge in [0.25, 0.3) is 0 Å². The van der Waals surface area contributed by atoms with Crippen LogP contribution in [0.15, 0.2) is 0 Å². The largest absolute Gasteiger partial charge is 0.391 e. The van der Waals surface area contributed by atoms with E-state index in [0.29, 0.717) is 18.9 Å². The van der Waals surface area contributed by atoms with E-state index in [9.17, 15) is 9.90 Å². The molecule has 118 valence electrons. The summed E-state index contributed by atoms with van der Waals surface area (Å²) < 4.78 is 5.85. The second-order valence-corrected chi connectivity index (χ2v) is 6.42. The molecule has 0 aliphatic heterocycles. The van der Waals surface area contributed by atoms with E-state index in [2.05, 4.69) is 19.2 Å². The summed E-state index contributed by atoms with van der Waals surface area (Å²) in [6.07, 6.45) is 7.12. The van der Waals surface area contributed by atoms with Gasteiger partial charge in [-0.25, -0.2) is 0 Å². The van der Waals surface area contributed by atoms with Crippen LogP contribution < -0.4 is 5.32 Å². The summed E-state index contributed by atoms with van der Waals surface area (Å²) in [5.74, 6) is 0.318. The first-order valence-corrected chi connectivity index (χ1v) is 8.10. The normalized spacial score (nSPS) is 20.4. The third kappa shape index (κ3) is 7.25. The quantitative estimate of drug-likeness (QED) is 0.707. The fourth-order valence-electron chi connectivity index (χ4n) is 2.72. The average molecular weight is 285 g/mol. The lowest BCUT2D eigenvalue weighted by Crippen LogP contribution is -2.40. The minimum Gasteiger partial charge on any atom is -0.391 e. The van der Waals surface area contributed by atoms with Crippen molar-refractivity contribution in [3.63, 3.8) is 0 Å². The molecule has 0 aromatic heterocycles. The molecule has 2 atom stereocenters. The van der Waals surface area contributed by atoms with Gasteiger partial charge < -0.3 is 15.2 Å². The first-order chi connectivity index (χ1) is 9.49. The molecule has 2 N–H and O–H groups in total. The van der Waals surface area contributed by atoms with Gasteiger partial charge in [0.15, 0.2) is 0 Å². The van der Waals surface area contributed by atoms with E-state index in [1.165, 1.54) is 25.7 Å². The van der Waals surface area contributed by atoms with Crippen molar-refractivity contribution < 1.29 is 14.6 Å². The molecule has 1 amide bonds. The van der Waals surface area contributed by atoms with Crippen molar-refractivity contribution in [2.24, 2.45) is 5.92 Å². The number of hydrogen-bond donors (Lipinski definition) is 2. The maximum atomic E-state index is 11.9. The number of rotatable bonds is 7. The van der Waals surface area contributed by atoms with Crippen LogP contribution in [0.5, 0.6) is 0 Å². The van der Waals surface area contributed by atoms with E-state index >= 15 is 0 Å². The molecule has 20 heavy (non-hydrogen) atoms. The molecule has 4 heteroatoms. The zero-order valence-electron chi connectivity index (χ0n) is 13.2. The number of aliphatic hydroxyl groups is 1. The summed E-state index contributed by atoms with van der Waals surface area (Å²) >= 11 is 0. The number of hydrogen-bond acceptors (Lipinski definition) is 3. The Hall–Kier alpha value is -0.610. The highest BCUT2D eigenvalue weighted by Gasteiger charge is 2.20. The molecule has 1 aliphatic rings. The van der Waals surface area contributed by atoms with Crippen LogP contribution in [0.25, 0.3) is 0 Å². The predicted octanol–water partition coefficient (Wildman–Crippen LogP) is 2.64. The van der Waals surface area contributed by atoms with Crippen LogP contribution in [0.1, 0.15) is 65.7 Å². The van der Waals surface area contributed by atoms with E-state index in [0.717, 1.165) is 12.8 Å². The van der Waals surface area contributed by atoms with Gasteiger partial charge in [0.1, 0.15) is 6.10 Å². The summed E-state index contributed by atoms with van der Waals surface area (Å²) in [4.78, 5) is 11.9. The Morgan fingerprint density at radius 2 is 1.80 bits per heavy atom.